The molecule has 1 aliphatic heterocycles. The number of carboxylic acids is 1. The van der Waals surface area contributed by atoms with Crippen LogP contribution in [0.2, 0.25) is 0 Å². The Morgan fingerprint density at radius 1 is 1.75 bits per heavy atom. The SMILES string of the molecule is N=C1CN(CC(=O)O)C=CC1=O. The van der Waals surface area contributed by atoms with E-state index in [1.807, 2.05) is 0 Å². The molecule has 0 unspecified atom stereocenters. The van der Waals surface area contributed by atoms with Crippen molar-refractivity contribution in [3.8, 4) is 0 Å². The van der Waals surface area contributed by atoms with Gasteiger partial charge in [0.05, 0.1) is 12.3 Å². The van der Waals surface area contributed by atoms with Crippen molar-refractivity contribution in [1.29, 1.82) is 5.41 Å². The molecule has 0 radical (unpaired) electrons. The van der Waals surface area contributed by atoms with Crippen LogP contribution in [0.1, 0.15) is 0 Å². The van der Waals surface area contributed by atoms with Crippen LogP contribution in [0.3, 0.4) is 0 Å². The summed E-state index contributed by atoms with van der Waals surface area (Å²) in [6.45, 7) is -0.0895. The third kappa shape index (κ3) is 1.91. The average molecular weight is 168 g/mol. The molecule has 0 aromatic heterocycles. The van der Waals surface area contributed by atoms with Crippen molar-refractivity contribution in [2.24, 2.45) is 0 Å². The van der Waals surface area contributed by atoms with Crippen molar-refractivity contribution in [2.75, 3.05) is 13.1 Å². The van der Waals surface area contributed by atoms with Gasteiger partial charge in [-0.1, -0.05) is 0 Å². The van der Waals surface area contributed by atoms with E-state index in [1.165, 1.54) is 17.2 Å². The number of hydrogen-bond donors (Lipinski definition) is 2. The van der Waals surface area contributed by atoms with Gasteiger partial charge in [-0.05, 0) is 0 Å². The maximum atomic E-state index is 10.7. The Kier molecular flexibility index (Phi) is 2.23. The molecule has 0 saturated carbocycles. The van der Waals surface area contributed by atoms with E-state index < -0.39 is 5.97 Å². The molecule has 0 aromatic rings. The quantitative estimate of drug-likeness (QED) is 0.581. The molecule has 0 aromatic carbocycles. The Bertz CT molecular complexity index is 270. The summed E-state index contributed by atoms with van der Waals surface area (Å²) in [6.07, 6.45) is 2.60. The molecule has 0 aliphatic carbocycles. The Morgan fingerprint density at radius 3 is 2.92 bits per heavy atom. The predicted molar refractivity (Wildman–Crippen MR) is 41.1 cm³/mol. The first-order valence-corrected chi connectivity index (χ1v) is 3.35. The van der Waals surface area contributed by atoms with Gasteiger partial charge in [0.1, 0.15) is 6.54 Å². The van der Waals surface area contributed by atoms with Gasteiger partial charge in [0.15, 0.2) is 0 Å². The second-order valence-electron chi connectivity index (χ2n) is 2.46. The zero-order valence-corrected chi connectivity index (χ0v) is 6.28. The number of nitrogens with one attached hydrogen (secondary N) is 1. The minimum Gasteiger partial charge on any atom is -0.480 e. The van der Waals surface area contributed by atoms with Crippen LogP contribution < -0.4 is 0 Å². The Morgan fingerprint density at radius 2 is 2.42 bits per heavy atom. The number of nitrogens with zero attached hydrogens (tertiary/aromatic N) is 1. The molecule has 1 aliphatic rings. The second-order valence-corrected chi connectivity index (χ2v) is 2.46. The van der Waals surface area contributed by atoms with Gasteiger partial charge in [0.25, 0.3) is 0 Å². The normalized spacial score (nSPS) is 16.8. The van der Waals surface area contributed by atoms with Crippen molar-refractivity contribution < 1.29 is 14.7 Å². The third-order valence-corrected chi connectivity index (χ3v) is 1.43. The molecule has 5 nitrogen and oxygen atoms in total. The zero-order chi connectivity index (χ0) is 9.14. The molecule has 2 N–H and O–H groups in total. The van der Waals surface area contributed by atoms with Crippen LogP contribution in [0.5, 0.6) is 0 Å². The van der Waals surface area contributed by atoms with Crippen LogP contribution in [-0.2, 0) is 9.59 Å². The molecule has 0 amide bonds. The molecule has 1 rings (SSSR count). The minimum atomic E-state index is -0.971. The average Bonchev–Trinajstić information content (AvgIpc) is 1.96. The fraction of sp³-hybridized carbons (Fsp3) is 0.286. The van der Waals surface area contributed by atoms with E-state index in [2.05, 4.69) is 0 Å². The van der Waals surface area contributed by atoms with Gasteiger partial charge in [-0.15, -0.1) is 0 Å². The molecular weight excluding hydrogens is 160 g/mol. The summed E-state index contributed by atoms with van der Waals surface area (Å²) in [6, 6.07) is 0. The lowest BCUT2D eigenvalue weighted by molar-refractivity contribution is -0.137. The van der Waals surface area contributed by atoms with Gasteiger partial charge in [-0.3, -0.25) is 15.0 Å². The van der Waals surface area contributed by atoms with Gasteiger partial charge in [-0.2, -0.15) is 0 Å². The van der Waals surface area contributed by atoms with Crippen molar-refractivity contribution in [1.82, 2.24) is 4.90 Å². The number of allylic oxidation sites excluding steroid dienone is 1. The molecule has 0 spiro atoms. The smallest absolute Gasteiger partial charge is 0.323 e. The molecule has 1 heterocycles. The summed E-state index contributed by atoms with van der Waals surface area (Å²) in [5.74, 6) is -1.32. The molecular formula is C7H8N2O3. The first kappa shape index (κ1) is 8.45. The minimum absolute atomic E-state index is 0.0706. The number of hydrogen-bond acceptors (Lipinski definition) is 4. The molecule has 5 heteroatoms. The summed E-state index contributed by atoms with van der Waals surface area (Å²) in [5, 5.41) is 15.5. The fourth-order valence-electron chi connectivity index (χ4n) is 0.890. The van der Waals surface area contributed by atoms with Crippen LogP contribution in [0.4, 0.5) is 0 Å². The van der Waals surface area contributed by atoms with Gasteiger partial charge in [0.2, 0.25) is 5.78 Å². The molecule has 0 atom stereocenters. The van der Waals surface area contributed by atoms with E-state index in [9.17, 15) is 9.59 Å². The van der Waals surface area contributed by atoms with E-state index in [-0.39, 0.29) is 24.6 Å². The predicted octanol–water partition coefficient (Wildman–Crippen LogP) is -0.511. The molecule has 0 saturated heterocycles. The Labute approximate surface area is 68.8 Å². The van der Waals surface area contributed by atoms with E-state index in [1.54, 1.807) is 0 Å². The van der Waals surface area contributed by atoms with Crippen LogP contribution in [0.15, 0.2) is 12.3 Å². The third-order valence-electron chi connectivity index (χ3n) is 1.43. The lowest BCUT2D eigenvalue weighted by Crippen LogP contribution is -2.36. The van der Waals surface area contributed by atoms with Crippen molar-refractivity contribution in [2.45, 2.75) is 0 Å². The van der Waals surface area contributed by atoms with Crippen LogP contribution >= 0.6 is 0 Å². The molecule has 0 bridgehead atoms. The number of carbonyl (C=O) groups excluding carboxylic acids is 1. The highest BCUT2D eigenvalue weighted by atomic mass is 16.4. The van der Waals surface area contributed by atoms with Crippen LogP contribution in [0.25, 0.3) is 0 Å². The van der Waals surface area contributed by atoms with Gasteiger partial charge in [0, 0.05) is 12.3 Å². The first-order valence-electron chi connectivity index (χ1n) is 3.35. The van der Waals surface area contributed by atoms with E-state index >= 15 is 0 Å². The summed E-state index contributed by atoms with van der Waals surface area (Å²) in [5.41, 5.74) is -0.0706. The first-order chi connectivity index (χ1) is 5.59. The summed E-state index contributed by atoms with van der Waals surface area (Å²) < 4.78 is 0. The van der Waals surface area contributed by atoms with E-state index in [4.69, 9.17) is 10.5 Å². The maximum absolute atomic E-state index is 10.7. The van der Waals surface area contributed by atoms with Crippen molar-refractivity contribution in [3.05, 3.63) is 12.3 Å². The second kappa shape index (κ2) is 3.17. The van der Waals surface area contributed by atoms with Crippen molar-refractivity contribution in [3.63, 3.8) is 0 Å². The molecule has 64 valence electrons. The zero-order valence-electron chi connectivity index (χ0n) is 6.28. The Hall–Kier alpha value is -1.65. The van der Waals surface area contributed by atoms with Gasteiger partial charge in [-0.25, -0.2) is 0 Å². The maximum Gasteiger partial charge on any atom is 0.323 e. The number of rotatable bonds is 2. The van der Waals surface area contributed by atoms with E-state index in [0.29, 0.717) is 0 Å². The number of carbonyl (C=O) groups is 2. The molecule has 0 fully saturated rings. The highest BCUT2D eigenvalue weighted by Gasteiger charge is 2.16. The van der Waals surface area contributed by atoms with Crippen LogP contribution in [0, 0.1) is 5.41 Å². The lowest BCUT2D eigenvalue weighted by atomic mass is 10.2. The highest BCUT2D eigenvalue weighted by molar-refractivity contribution is 6.44. The summed E-state index contributed by atoms with van der Waals surface area (Å²) in [7, 11) is 0. The number of carboxylic acid groups (broad SMARTS) is 1. The topological polar surface area (TPSA) is 81.5 Å². The monoisotopic (exact) mass is 168 g/mol. The van der Waals surface area contributed by atoms with Crippen molar-refractivity contribution >= 4 is 17.5 Å². The number of aliphatic carboxylic acids is 1. The summed E-state index contributed by atoms with van der Waals surface area (Å²) in [4.78, 5) is 22.4. The van der Waals surface area contributed by atoms with Crippen LogP contribution in [-0.4, -0.2) is 40.6 Å². The fourth-order valence-corrected chi connectivity index (χ4v) is 0.890. The standard InChI is InChI=1S/C7H8N2O3/c8-5-3-9(4-7(11)12)2-1-6(5)10/h1-2,8H,3-4H2,(H,11,12). The molecule has 12 heavy (non-hydrogen) atoms. The van der Waals surface area contributed by atoms with Gasteiger partial charge >= 0.3 is 5.97 Å². The van der Waals surface area contributed by atoms with Gasteiger partial charge < -0.3 is 10.0 Å². The highest BCUT2D eigenvalue weighted by Crippen LogP contribution is 1.99. The summed E-state index contributed by atoms with van der Waals surface area (Å²) >= 11 is 0. The largest absolute Gasteiger partial charge is 0.480 e. The Balaban J connectivity index is 2.61. The number of ketones is 1. The van der Waals surface area contributed by atoms with E-state index in [0.717, 1.165) is 0 Å². The lowest BCUT2D eigenvalue weighted by Gasteiger charge is -2.20.